The molecule has 5 heteroatoms. The molecule has 0 saturated carbocycles. The fourth-order valence-corrected chi connectivity index (χ4v) is 4.11. The number of ether oxygens (including phenoxy) is 1. The number of aromatic nitrogens is 1. The van der Waals surface area contributed by atoms with Crippen LogP contribution in [0.15, 0.2) is 66.1 Å². The molecule has 1 heterocycles. The van der Waals surface area contributed by atoms with Crippen molar-refractivity contribution in [1.82, 2.24) is 4.98 Å². The van der Waals surface area contributed by atoms with E-state index in [4.69, 9.17) is 4.74 Å². The van der Waals surface area contributed by atoms with E-state index >= 15 is 0 Å². The van der Waals surface area contributed by atoms with Crippen LogP contribution >= 0.6 is 0 Å². The van der Waals surface area contributed by atoms with Crippen LogP contribution in [0.5, 0.6) is 5.75 Å². The summed E-state index contributed by atoms with van der Waals surface area (Å²) in [6.45, 7) is 17.5. The van der Waals surface area contributed by atoms with Crippen LogP contribution in [-0.2, 0) is 25.9 Å². The van der Waals surface area contributed by atoms with Crippen LogP contribution < -0.4 is 4.74 Å². The number of Topliss-reactive ketones (excluding diaryl/α,β-unsaturated/α-hetero) is 1. The van der Waals surface area contributed by atoms with Gasteiger partial charge in [0.15, 0.2) is 5.78 Å². The van der Waals surface area contributed by atoms with Gasteiger partial charge in [-0.1, -0.05) is 88.9 Å². The number of aliphatic hydroxyl groups is 1. The minimum Gasteiger partial charge on any atom is -0.511 e. The fourth-order valence-electron chi connectivity index (χ4n) is 4.11. The number of carbonyl (C=O) groups is 1. The molecule has 0 aliphatic carbocycles. The maximum atomic E-state index is 12.1. The summed E-state index contributed by atoms with van der Waals surface area (Å²) >= 11 is 0. The summed E-state index contributed by atoms with van der Waals surface area (Å²) in [5.74, 6) is 1.07. The molecule has 0 spiro atoms. The smallest absolute Gasteiger partial charge is 0.167 e. The second kappa shape index (κ2) is 13.9. The van der Waals surface area contributed by atoms with E-state index in [9.17, 15) is 9.90 Å². The number of hydrogen-bond donors (Lipinski definition) is 1. The molecule has 38 heavy (non-hydrogen) atoms. The number of nitrogens with zero attached hydrogens (tertiary/aromatic N) is 1. The van der Waals surface area contributed by atoms with Crippen LogP contribution in [0.4, 0.5) is 0 Å². The number of methoxy groups -OCH3 is 1. The van der Waals surface area contributed by atoms with Crippen molar-refractivity contribution in [2.45, 2.75) is 68.7 Å². The van der Waals surface area contributed by atoms with Crippen LogP contribution in [0.3, 0.4) is 0 Å². The molecule has 208 valence electrons. The molecular formula is C33H42NO3Pt-. The Morgan fingerprint density at radius 1 is 0.974 bits per heavy atom. The van der Waals surface area contributed by atoms with Crippen molar-refractivity contribution in [3.63, 3.8) is 0 Å². The zero-order chi connectivity index (χ0) is 28.0. The van der Waals surface area contributed by atoms with E-state index in [1.165, 1.54) is 16.7 Å². The zero-order valence-corrected chi connectivity index (χ0v) is 26.7. The maximum absolute atomic E-state index is 12.1. The molecule has 0 bridgehead atoms. The van der Waals surface area contributed by atoms with Crippen molar-refractivity contribution in [1.29, 1.82) is 0 Å². The molecule has 0 fully saturated rings. The minimum atomic E-state index is -0.426. The summed E-state index contributed by atoms with van der Waals surface area (Å²) in [5.41, 5.74) is 6.56. The van der Waals surface area contributed by atoms with E-state index in [1.807, 2.05) is 72.7 Å². The van der Waals surface area contributed by atoms with Crippen molar-refractivity contribution in [2.75, 3.05) is 7.11 Å². The Labute approximate surface area is 243 Å². The number of ketones is 1. The minimum absolute atomic E-state index is 0. The van der Waals surface area contributed by atoms with Gasteiger partial charge in [-0.2, -0.15) is 0 Å². The Hall–Kier alpha value is -2.71. The predicted octanol–water partition coefficient (Wildman–Crippen LogP) is 8.71. The Kier molecular flexibility index (Phi) is 12.2. The molecule has 4 nitrogen and oxygen atoms in total. The van der Waals surface area contributed by atoms with Crippen LogP contribution in [0, 0.1) is 30.7 Å². The Bertz CT molecular complexity index is 1240. The van der Waals surface area contributed by atoms with Crippen LogP contribution in [-0.4, -0.2) is 23.0 Å². The van der Waals surface area contributed by atoms with Crippen molar-refractivity contribution < 1.29 is 35.7 Å². The molecule has 3 rings (SSSR count). The third-order valence-electron chi connectivity index (χ3n) is 6.13. The number of benzene rings is 2. The van der Waals surface area contributed by atoms with Gasteiger partial charge in [0.2, 0.25) is 0 Å². The number of pyridine rings is 1. The first-order chi connectivity index (χ1) is 17.2. The molecule has 0 unspecified atom stereocenters. The SMILES string of the molecule is CC/C(C(=O)C(C)(C)C)=C(/O)C(C)(C)C.COc1ccnc(-c2[c-]cccc2-c2c(C)cccc2C)c1.[Pt]. The second-order valence-electron chi connectivity index (χ2n) is 11.3. The quantitative estimate of drug-likeness (QED) is 0.165. The first-order valence-electron chi connectivity index (χ1n) is 12.8. The summed E-state index contributed by atoms with van der Waals surface area (Å²) in [5, 5.41) is 10.0. The summed E-state index contributed by atoms with van der Waals surface area (Å²) < 4.78 is 5.32. The molecule has 1 aromatic heterocycles. The first kappa shape index (κ1) is 33.3. The molecule has 1 N–H and O–H groups in total. The third kappa shape index (κ3) is 8.40. The fraction of sp³-hybridized carbons (Fsp3) is 0.394. The summed E-state index contributed by atoms with van der Waals surface area (Å²) in [6, 6.07) is 19.6. The van der Waals surface area contributed by atoms with Crippen molar-refractivity contribution >= 4 is 5.78 Å². The van der Waals surface area contributed by atoms with Gasteiger partial charge in [-0.3, -0.25) is 4.79 Å². The molecule has 0 saturated heterocycles. The van der Waals surface area contributed by atoms with E-state index < -0.39 is 5.41 Å². The Morgan fingerprint density at radius 3 is 2.08 bits per heavy atom. The Morgan fingerprint density at radius 2 is 1.58 bits per heavy atom. The number of carbonyl (C=O) groups excluding carboxylic acids is 1. The van der Waals surface area contributed by atoms with Crippen LogP contribution in [0.1, 0.15) is 66.0 Å². The third-order valence-corrected chi connectivity index (χ3v) is 6.13. The topological polar surface area (TPSA) is 59.4 Å². The van der Waals surface area contributed by atoms with Gasteiger partial charge in [0.25, 0.3) is 0 Å². The molecule has 0 radical (unpaired) electrons. The van der Waals surface area contributed by atoms with E-state index in [2.05, 4.69) is 49.2 Å². The number of aryl methyl sites for hydroxylation is 2. The first-order valence-corrected chi connectivity index (χ1v) is 12.8. The van der Waals surface area contributed by atoms with Crippen molar-refractivity contribution in [3.05, 3.63) is 83.3 Å². The average Bonchev–Trinajstić information content (AvgIpc) is 2.84. The molecule has 0 aliphatic rings. The largest absolute Gasteiger partial charge is 0.511 e. The van der Waals surface area contributed by atoms with E-state index in [0.717, 1.165) is 22.6 Å². The van der Waals surface area contributed by atoms with Crippen molar-refractivity contribution in [3.8, 4) is 28.1 Å². The molecule has 3 aromatic rings. The van der Waals surface area contributed by atoms with Crippen LogP contribution in [0.25, 0.3) is 22.4 Å². The van der Waals surface area contributed by atoms with E-state index in [-0.39, 0.29) is 38.0 Å². The predicted molar refractivity (Wildman–Crippen MR) is 154 cm³/mol. The normalized spacial score (nSPS) is 11.9. The summed E-state index contributed by atoms with van der Waals surface area (Å²) in [4.78, 5) is 16.6. The molecular weight excluding hydrogens is 653 g/mol. The average molecular weight is 696 g/mol. The van der Waals surface area contributed by atoms with E-state index in [0.29, 0.717) is 12.0 Å². The number of rotatable bonds is 5. The van der Waals surface area contributed by atoms with Crippen LogP contribution in [0.2, 0.25) is 0 Å². The van der Waals surface area contributed by atoms with Gasteiger partial charge in [0, 0.05) is 43.7 Å². The number of hydrogen-bond acceptors (Lipinski definition) is 4. The van der Waals surface area contributed by atoms with E-state index in [1.54, 1.807) is 13.3 Å². The molecule has 0 atom stereocenters. The summed E-state index contributed by atoms with van der Waals surface area (Å²) in [6.07, 6.45) is 2.35. The van der Waals surface area contributed by atoms with Gasteiger partial charge in [-0.05, 0) is 38.1 Å². The zero-order valence-electron chi connectivity index (χ0n) is 24.4. The van der Waals surface area contributed by atoms with Crippen molar-refractivity contribution in [2.24, 2.45) is 10.8 Å². The molecule has 0 amide bonds. The molecule has 0 aliphatic heterocycles. The van der Waals surface area contributed by atoms with Gasteiger partial charge in [-0.15, -0.1) is 29.8 Å². The number of allylic oxidation sites excluding steroid dienone is 2. The van der Waals surface area contributed by atoms with Gasteiger partial charge in [-0.25, -0.2) is 0 Å². The standard InChI is InChI=1S/C20H18NO.C13H24O2.Pt/c1-14-7-6-8-15(2)20(14)18-10-5-4-9-17(18)19-13-16(22-3)11-12-21-19;1-8-9(10(14)12(2,3)4)11(15)13(5,6)7;/h4-8,10-13H,1-3H3;14H,8H2,1-7H3;/q-1;;/b;10-9-;. The Balaban J connectivity index is 0.000000401. The monoisotopic (exact) mass is 695 g/mol. The number of aliphatic hydroxyl groups excluding tert-OH is 1. The maximum Gasteiger partial charge on any atom is 0.167 e. The van der Waals surface area contributed by atoms with Gasteiger partial charge >= 0.3 is 0 Å². The molecule has 2 aromatic carbocycles. The van der Waals surface area contributed by atoms with Gasteiger partial charge < -0.3 is 14.8 Å². The van der Waals surface area contributed by atoms with Gasteiger partial charge in [0.05, 0.1) is 7.11 Å². The summed E-state index contributed by atoms with van der Waals surface area (Å²) in [7, 11) is 1.67. The second-order valence-corrected chi connectivity index (χ2v) is 11.3. The van der Waals surface area contributed by atoms with Gasteiger partial charge in [0.1, 0.15) is 11.5 Å².